The van der Waals surface area contributed by atoms with Gasteiger partial charge in [-0.1, -0.05) is 19.1 Å². The molecular weight excluding hydrogens is 342 g/mol. The van der Waals surface area contributed by atoms with Crippen LogP contribution in [0.5, 0.6) is 0 Å². The van der Waals surface area contributed by atoms with Crippen LogP contribution in [-0.4, -0.2) is 24.1 Å². The van der Waals surface area contributed by atoms with Gasteiger partial charge in [-0.3, -0.25) is 10.1 Å². The predicted molar refractivity (Wildman–Crippen MR) is 114 cm³/mol. The molecule has 138 valence electrons. The average Bonchev–Trinajstić information content (AvgIpc) is 2.65. The lowest BCUT2D eigenvalue weighted by Crippen LogP contribution is -2.34. The molecule has 0 aliphatic carbocycles. The first-order valence-electron chi connectivity index (χ1n) is 9.05. The van der Waals surface area contributed by atoms with Gasteiger partial charge in [0, 0.05) is 30.0 Å². The average molecular weight is 370 g/mol. The van der Waals surface area contributed by atoms with Gasteiger partial charge in [0.05, 0.1) is 0 Å². The monoisotopic (exact) mass is 369 g/mol. The second-order valence-corrected chi connectivity index (χ2v) is 6.54. The number of aryl methyl sites for hydroxylation is 2. The molecule has 0 aliphatic rings. The number of nitrogens with one attached hydrogen (secondary N) is 2. The zero-order valence-corrected chi connectivity index (χ0v) is 16.7. The van der Waals surface area contributed by atoms with Crippen LogP contribution in [0.1, 0.15) is 42.3 Å². The predicted octanol–water partition coefficient (Wildman–Crippen LogP) is 4.53. The Balaban J connectivity index is 2.01. The molecule has 0 atom stereocenters. The van der Waals surface area contributed by atoms with Crippen LogP contribution in [0.2, 0.25) is 0 Å². The van der Waals surface area contributed by atoms with E-state index in [-0.39, 0.29) is 5.91 Å². The molecule has 26 heavy (non-hydrogen) atoms. The minimum absolute atomic E-state index is 0.206. The molecule has 0 aliphatic heterocycles. The van der Waals surface area contributed by atoms with Gasteiger partial charge in [-0.2, -0.15) is 0 Å². The summed E-state index contributed by atoms with van der Waals surface area (Å²) in [7, 11) is 0. The maximum absolute atomic E-state index is 12.3. The van der Waals surface area contributed by atoms with E-state index in [1.165, 1.54) is 11.3 Å². The number of hydrogen-bond acceptors (Lipinski definition) is 3. The van der Waals surface area contributed by atoms with E-state index in [1.54, 1.807) is 0 Å². The molecule has 2 rings (SSSR count). The van der Waals surface area contributed by atoms with Crippen molar-refractivity contribution in [3.8, 4) is 0 Å². The van der Waals surface area contributed by atoms with Gasteiger partial charge in [0.15, 0.2) is 5.11 Å². The minimum atomic E-state index is -0.206. The highest BCUT2D eigenvalue weighted by atomic mass is 32.1. The van der Waals surface area contributed by atoms with Gasteiger partial charge < -0.3 is 10.2 Å². The molecule has 0 radical (unpaired) electrons. The van der Waals surface area contributed by atoms with Crippen molar-refractivity contribution in [1.29, 1.82) is 0 Å². The maximum Gasteiger partial charge on any atom is 0.257 e. The van der Waals surface area contributed by atoms with E-state index in [4.69, 9.17) is 12.2 Å². The number of carbonyl (C=O) groups excluding carboxylic acids is 1. The normalized spacial score (nSPS) is 10.3. The Morgan fingerprint density at radius 2 is 1.69 bits per heavy atom. The van der Waals surface area contributed by atoms with Gasteiger partial charge >= 0.3 is 0 Å². The standard InChI is InChI=1S/C21H27N3OS/c1-5-16-8-10-17(11-9-16)20(25)23-21(26)22-19-13-12-18(14-15(19)4)24(6-2)7-3/h8-14H,5-7H2,1-4H3,(H2,22,23,25,26). The smallest absolute Gasteiger partial charge is 0.257 e. The summed E-state index contributed by atoms with van der Waals surface area (Å²) >= 11 is 5.30. The number of amides is 1. The van der Waals surface area contributed by atoms with Crippen molar-refractivity contribution in [3.05, 3.63) is 59.2 Å². The first kappa shape index (κ1) is 19.9. The molecule has 0 unspecified atom stereocenters. The minimum Gasteiger partial charge on any atom is -0.372 e. The number of nitrogens with zero attached hydrogens (tertiary/aromatic N) is 1. The molecule has 0 fully saturated rings. The fraction of sp³-hybridized carbons (Fsp3) is 0.333. The third kappa shape index (κ3) is 5.05. The van der Waals surface area contributed by atoms with E-state index < -0.39 is 0 Å². The summed E-state index contributed by atoms with van der Waals surface area (Å²) in [5.41, 5.74) is 4.96. The van der Waals surface area contributed by atoms with E-state index in [0.717, 1.165) is 30.8 Å². The van der Waals surface area contributed by atoms with Gasteiger partial charge in [0.25, 0.3) is 5.91 Å². The fourth-order valence-electron chi connectivity index (χ4n) is 2.79. The van der Waals surface area contributed by atoms with E-state index in [2.05, 4.69) is 48.4 Å². The van der Waals surface area contributed by atoms with E-state index in [1.807, 2.05) is 37.3 Å². The molecule has 2 aromatic carbocycles. The van der Waals surface area contributed by atoms with E-state index in [0.29, 0.717) is 10.7 Å². The molecule has 0 saturated carbocycles. The van der Waals surface area contributed by atoms with Crippen LogP contribution >= 0.6 is 12.2 Å². The summed E-state index contributed by atoms with van der Waals surface area (Å²) in [5, 5.41) is 6.16. The Hall–Kier alpha value is -2.40. The zero-order chi connectivity index (χ0) is 19.1. The summed E-state index contributed by atoms with van der Waals surface area (Å²) in [6.07, 6.45) is 0.949. The molecule has 5 heteroatoms. The van der Waals surface area contributed by atoms with E-state index >= 15 is 0 Å². The van der Waals surface area contributed by atoms with Crippen molar-refractivity contribution in [2.45, 2.75) is 34.1 Å². The summed E-state index contributed by atoms with van der Waals surface area (Å²) in [6.45, 7) is 10.3. The zero-order valence-electron chi connectivity index (χ0n) is 15.9. The third-order valence-electron chi connectivity index (χ3n) is 4.44. The molecule has 0 heterocycles. The van der Waals surface area contributed by atoms with Crippen molar-refractivity contribution >= 4 is 34.6 Å². The largest absolute Gasteiger partial charge is 0.372 e. The second-order valence-electron chi connectivity index (χ2n) is 6.13. The number of benzene rings is 2. The van der Waals surface area contributed by atoms with Gasteiger partial charge in [-0.15, -0.1) is 0 Å². The molecule has 4 nitrogen and oxygen atoms in total. The summed E-state index contributed by atoms with van der Waals surface area (Å²) in [5.74, 6) is -0.206. The third-order valence-corrected chi connectivity index (χ3v) is 4.64. The summed E-state index contributed by atoms with van der Waals surface area (Å²) < 4.78 is 0. The highest BCUT2D eigenvalue weighted by molar-refractivity contribution is 7.80. The molecule has 0 spiro atoms. The summed E-state index contributed by atoms with van der Waals surface area (Å²) in [4.78, 5) is 14.6. The van der Waals surface area contributed by atoms with Crippen LogP contribution in [0.3, 0.4) is 0 Å². The Morgan fingerprint density at radius 3 is 2.23 bits per heavy atom. The maximum atomic E-state index is 12.3. The van der Waals surface area contributed by atoms with Crippen molar-refractivity contribution in [2.75, 3.05) is 23.3 Å². The second kappa shape index (κ2) is 9.34. The van der Waals surface area contributed by atoms with Crippen LogP contribution in [-0.2, 0) is 6.42 Å². The molecule has 0 bridgehead atoms. The Labute approximate surface area is 161 Å². The van der Waals surface area contributed by atoms with Crippen molar-refractivity contribution < 1.29 is 4.79 Å². The molecule has 2 N–H and O–H groups in total. The highest BCUT2D eigenvalue weighted by Crippen LogP contribution is 2.22. The van der Waals surface area contributed by atoms with Crippen LogP contribution in [0, 0.1) is 6.92 Å². The van der Waals surface area contributed by atoms with Crippen molar-refractivity contribution in [2.24, 2.45) is 0 Å². The van der Waals surface area contributed by atoms with E-state index in [9.17, 15) is 4.79 Å². The van der Waals surface area contributed by atoms with Crippen molar-refractivity contribution in [3.63, 3.8) is 0 Å². The molecule has 2 aromatic rings. The first-order chi connectivity index (χ1) is 12.5. The van der Waals surface area contributed by atoms with Gasteiger partial charge in [-0.05, 0) is 80.9 Å². The van der Waals surface area contributed by atoms with Gasteiger partial charge in [-0.25, -0.2) is 0 Å². The van der Waals surface area contributed by atoms with Crippen LogP contribution in [0.15, 0.2) is 42.5 Å². The quantitative estimate of drug-likeness (QED) is 0.734. The lowest BCUT2D eigenvalue weighted by atomic mass is 10.1. The van der Waals surface area contributed by atoms with Gasteiger partial charge in [0.1, 0.15) is 0 Å². The number of hydrogen-bond donors (Lipinski definition) is 2. The number of thiocarbonyl (C=S) groups is 1. The number of anilines is 2. The van der Waals surface area contributed by atoms with Crippen LogP contribution in [0.4, 0.5) is 11.4 Å². The lowest BCUT2D eigenvalue weighted by molar-refractivity contribution is 0.0977. The van der Waals surface area contributed by atoms with Crippen LogP contribution < -0.4 is 15.5 Å². The van der Waals surface area contributed by atoms with Crippen molar-refractivity contribution in [1.82, 2.24) is 5.32 Å². The van der Waals surface area contributed by atoms with Crippen LogP contribution in [0.25, 0.3) is 0 Å². The first-order valence-corrected chi connectivity index (χ1v) is 9.46. The molecular formula is C21H27N3OS. The Kier molecular flexibility index (Phi) is 7.16. The highest BCUT2D eigenvalue weighted by Gasteiger charge is 2.10. The number of rotatable bonds is 6. The van der Waals surface area contributed by atoms with Gasteiger partial charge in [0.2, 0.25) is 0 Å². The SMILES string of the molecule is CCc1ccc(C(=O)NC(=S)Nc2ccc(N(CC)CC)cc2C)cc1. The molecule has 0 aromatic heterocycles. The molecule has 1 amide bonds. The summed E-state index contributed by atoms with van der Waals surface area (Å²) in [6, 6.07) is 13.8. The fourth-order valence-corrected chi connectivity index (χ4v) is 3.00. The Morgan fingerprint density at radius 1 is 1.04 bits per heavy atom. The lowest BCUT2D eigenvalue weighted by Gasteiger charge is -2.22. The number of carbonyl (C=O) groups is 1. The Bertz CT molecular complexity index is 767. The molecule has 0 saturated heterocycles. The topological polar surface area (TPSA) is 44.4 Å².